The number of aromatic nitrogens is 2. The third-order valence-electron chi connectivity index (χ3n) is 4.34. The third kappa shape index (κ3) is 2.13. The number of benzene rings is 1. The lowest BCUT2D eigenvalue weighted by Crippen LogP contribution is -2.50. The van der Waals surface area contributed by atoms with Gasteiger partial charge in [-0.1, -0.05) is 0 Å². The molecule has 2 aromatic rings. The Morgan fingerprint density at radius 1 is 1.45 bits per heavy atom. The van der Waals surface area contributed by atoms with Crippen molar-refractivity contribution in [3.63, 3.8) is 0 Å². The highest BCUT2D eigenvalue weighted by atomic mass is 19.1. The summed E-state index contributed by atoms with van der Waals surface area (Å²) in [6.45, 7) is 0.598. The van der Waals surface area contributed by atoms with E-state index in [9.17, 15) is 14.0 Å². The summed E-state index contributed by atoms with van der Waals surface area (Å²) in [5, 5.41) is 2.85. The number of hydrogen-bond donors (Lipinski definition) is 2. The first-order valence-electron chi connectivity index (χ1n) is 7.34. The molecule has 0 aliphatic carbocycles. The Hall–Kier alpha value is -2.44. The number of likely N-dealkylation sites (tertiary alicyclic amines) is 1. The summed E-state index contributed by atoms with van der Waals surface area (Å²) in [5.74, 6) is 0.249. The van der Waals surface area contributed by atoms with Crippen LogP contribution in [0.3, 0.4) is 0 Å². The van der Waals surface area contributed by atoms with Crippen LogP contribution in [0.1, 0.15) is 18.7 Å². The standard InChI is InChI=1S/C15H15FN4O2/c16-8-1-2-10-11(5-8)19-13(18-10)3-4-14(21)20-7-9-6-12(20)15(22)17-9/h1-2,5,9,12H,3-4,6-7H2,(H,17,22)(H,18,19)/t9-,12-/m0/s1. The summed E-state index contributed by atoms with van der Waals surface area (Å²) in [6.07, 6.45) is 1.46. The molecule has 3 heterocycles. The molecule has 4 rings (SSSR count). The first kappa shape index (κ1) is 13.2. The molecule has 2 aliphatic rings. The van der Waals surface area contributed by atoms with Gasteiger partial charge in [-0.2, -0.15) is 0 Å². The van der Waals surface area contributed by atoms with Crippen molar-refractivity contribution in [1.82, 2.24) is 20.2 Å². The molecule has 0 saturated carbocycles. The van der Waals surface area contributed by atoms with Crippen LogP contribution in [0, 0.1) is 5.82 Å². The van der Waals surface area contributed by atoms with Crippen molar-refractivity contribution >= 4 is 22.8 Å². The van der Waals surface area contributed by atoms with Crippen LogP contribution in [0.15, 0.2) is 18.2 Å². The number of H-pyrrole nitrogens is 1. The predicted molar refractivity (Wildman–Crippen MR) is 76.4 cm³/mol. The number of carbonyl (C=O) groups excluding carboxylic acids is 2. The molecule has 0 radical (unpaired) electrons. The summed E-state index contributed by atoms with van der Waals surface area (Å²) in [6, 6.07) is 4.16. The van der Waals surface area contributed by atoms with Gasteiger partial charge in [-0.05, 0) is 24.6 Å². The lowest BCUT2D eigenvalue weighted by atomic mass is 10.2. The average Bonchev–Trinajstić information content (AvgIpc) is 3.16. The van der Waals surface area contributed by atoms with Crippen molar-refractivity contribution in [2.45, 2.75) is 31.3 Å². The van der Waals surface area contributed by atoms with E-state index in [-0.39, 0.29) is 29.7 Å². The van der Waals surface area contributed by atoms with Crippen molar-refractivity contribution in [1.29, 1.82) is 0 Å². The summed E-state index contributed by atoms with van der Waals surface area (Å²) in [7, 11) is 0. The Bertz CT molecular complexity index is 772. The van der Waals surface area contributed by atoms with Gasteiger partial charge in [0.15, 0.2) is 0 Å². The normalized spacial score (nSPS) is 23.3. The van der Waals surface area contributed by atoms with Gasteiger partial charge in [0.05, 0.1) is 11.0 Å². The van der Waals surface area contributed by atoms with E-state index in [0.717, 1.165) is 0 Å². The highest BCUT2D eigenvalue weighted by Crippen LogP contribution is 2.25. The molecule has 6 nitrogen and oxygen atoms in total. The smallest absolute Gasteiger partial charge is 0.243 e. The molecule has 2 saturated heterocycles. The second-order valence-electron chi connectivity index (χ2n) is 5.85. The second kappa shape index (κ2) is 4.79. The molecule has 2 N–H and O–H groups in total. The predicted octanol–water partition coefficient (Wildman–Crippen LogP) is 0.734. The Balaban J connectivity index is 1.43. The van der Waals surface area contributed by atoms with Gasteiger partial charge in [0.2, 0.25) is 11.8 Å². The number of aromatic amines is 1. The maximum Gasteiger partial charge on any atom is 0.243 e. The lowest BCUT2D eigenvalue weighted by Gasteiger charge is -2.26. The van der Waals surface area contributed by atoms with Crippen molar-refractivity contribution in [3.05, 3.63) is 29.8 Å². The van der Waals surface area contributed by atoms with Crippen molar-refractivity contribution in [2.75, 3.05) is 6.54 Å². The van der Waals surface area contributed by atoms with Gasteiger partial charge in [0.25, 0.3) is 0 Å². The fourth-order valence-corrected chi connectivity index (χ4v) is 3.28. The fourth-order valence-electron chi connectivity index (χ4n) is 3.28. The van der Waals surface area contributed by atoms with Crippen molar-refractivity contribution in [3.8, 4) is 0 Å². The number of aryl methyl sites for hydroxylation is 1. The summed E-state index contributed by atoms with van der Waals surface area (Å²) in [4.78, 5) is 32.9. The first-order chi connectivity index (χ1) is 10.6. The van der Waals surface area contributed by atoms with E-state index in [1.54, 1.807) is 11.0 Å². The van der Waals surface area contributed by atoms with Crippen LogP contribution in [-0.2, 0) is 16.0 Å². The molecular weight excluding hydrogens is 287 g/mol. The molecule has 1 aromatic carbocycles. The fraction of sp³-hybridized carbons (Fsp3) is 0.400. The number of imidazole rings is 1. The zero-order valence-corrected chi connectivity index (χ0v) is 11.8. The van der Waals surface area contributed by atoms with Gasteiger partial charge >= 0.3 is 0 Å². The molecule has 0 unspecified atom stereocenters. The van der Waals surface area contributed by atoms with Gasteiger partial charge in [0, 0.05) is 25.4 Å². The molecule has 2 atom stereocenters. The minimum absolute atomic E-state index is 0.0333. The molecule has 1 aromatic heterocycles. The Kier molecular flexibility index (Phi) is 2.88. The largest absolute Gasteiger partial charge is 0.350 e. The minimum atomic E-state index is -0.321. The zero-order chi connectivity index (χ0) is 15.3. The van der Waals surface area contributed by atoms with Crippen LogP contribution in [-0.4, -0.2) is 45.3 Å². The number of amides is 2. The number of rotatable bonds is 3. The number of piperazine rings is 1. The quantitative estimate of drug-likeness (QED) is 0.877. The molecule has 0 spiro atoms. The van der Waals surface area contributed by atoms with Crippen LogP contribution >= 0.6 is 0 Å². The van der Waals surface area contributed by atoms with Crippen molar-refractivity contribution in [2.24, 2.45) is 0 Å². The van der Waals surface area contributed by atoms with E-state index in [0.29, 0.717) is 42.7 Å². The van der Waals surface area contributed by atoms with Gasteiger partial charge < -0.3 is 15.2 Å². The van der Waals surface area contributed by atoms with Crippen LogP contribution in [0.4, 0.5) is 4.39 Å². The van der Waals surface area contributed by atoms with Crippen molar-refractivity contribution < 1.29 is 14.0 Å². The van der Waals surface area contributed by atoms with Crippen LogP contribution in [0.2, 0.25) is 0 Å². The molecule has 2 bridgehead atoms. The Labute approximate surface area is 125 Å². The Morgan fingerprint density at radius 3 is 3.09 bits per heavy atom. The van der Waals surface area contributed by atoms with Gasteiger partial charge in [0.1, 0.15) is 17.7 Å². The highest BCUT2D eigenvalue weighted by Gasteiger charge is 2.45. The Morgan fingerprint density at radius 2 is 2.32 bits per heavy atom. The zero-order valence-electron chi connectivity index (χ0n) is 11.8. The molecule has 22 heavy (non-hydrogen) atoms. The highest BCUT2D eigenvalue weighted by molar-refractivity contribution is 5.91. The van der Waals surface area contributed by atoms with E-state index in [4.69, 9.17) is 0 Å². The van der Waals surface area contributed by atoms with E-state index in [1.165, 1.54) is 12.1 Å². The first-order valence-corrected chi connectivity index (χ1v) is 7.34. The summed E-state index contributed by atoms with van der Waals surface area (Å²) < 4.78 is 13.1. The number of hydrogen-bond acceptors (Lipinski definition) is 3. The molecular formula is C15H15FN4O2. The molecule has 2 aliphatic heterocycles. The van der Waals surface area contributed by atoms with E-state index in [1.807, 2.05) is 0 Å². The topological polar surface area (TPSA) is 78.1 Å². The number of nitrogens with zero attached hydrogens (tertiary/aromatic N) is 2. The summed E-state index contributed by atoms with van der Waals surface area (Å²) in [5.41, 5.74) is 1.31. The van der Waals surface area contributed by atoms with Gasteiger partial charge in [-0.15, -0.1) is 0 Å². The number of carbonyl (C=O) groups is 2. The number of nitrogens with one attached hydrogen (secondary N) is 2. The van der Waals surface area contributed by atoms with E-state index >= 15 is 0 Å². The maximum absolute atomic E-state index is 13.1. The molecule has 2 amide bonds. The molecule has 2 fully saturated rings. The van der Waals surface area contributed by atoms with Gasteiger partial charge in [-0.3, -0.25) is 9.59 Å². The maximum atomic E-state index is 13.1. The number of fused-ring (bicyclic) bond motifs is 3. The monoisotopic (exact) mass is 302 g/mol. The average molecular weight is 302 g/mol. The third-order valence-corrected chi connectivity index (χ3v) is 4.34. The minimum Gasteiger partial charge on any atom is -0.350 e. The van der Waals surface area contributed by atoms with E-state index < -0.39 is 0 Å². The number of halogens is 1. The van der Waals surface area contributed by atoms with Crippen LogP contribution in [0.5, 0.6) is 0 Å². The lowest BCUT2D eigenvalue weighted by molar-refractivity contribution is -0.139. The molecule has 7 heteroatoms. The summed E-state index contributed by atoms with van der Waals surface area (Å²) >= 11 is 0. The van der Waals surface area contributed by atoms with Gasteiger partial charge in [-0.25, -0.2) is 9.37 Å². The van der Waals surface area contributed by atoms with Crippen LogP contribution in [0.25, 0.3) is 11.0 Å². The SMILES string of the molecule is O=C1N[C@H]2C[C@@H]1N(C(=O)CCc1nc3ccc(F)cc3[nH]1)C2. The molecule has 114 valence electrons. The van der Waals surface area contributed by atoms with Crippen LogP contribution < -0.4 is 5.32 Å². The second-order valence-corrected chi connectivity index (χ2v) is 5.85. The van der Waals surface area contributed by atoms with E-state index in [2.05, 4.69) is 15.3 Å².